The molecule has 1 aromatic rings. The second-order valence-corrected chi connectivity index (χ2v) is 6.28. The number of carboxylic acids is 1. The van der Waals surface area contributed by atoms with Crippen molar-refractivity contribution in [2.75, 3.05) is 19.3 Å². The topological polar surface area (TPSA) is 101 Å². The highest BCUT2D eigenvalue weighted by molar-refractivity contribution is 7.98. The number of nitro groups is 1. The van der Waals surface area contributed by atoms with Crippen LogP contribution in [0.4, 0.5) is 5.69 Å². The molecule has 1 rings (SSSR count). The Morgan fingerprint density at radius 2 is 2.04 bits per heavy atom. The fraction of sp³-hybridized carbons (Fsp3) is 0.467. The third-order valence-corrected chi connectivity index (χ3v) is 3.88. The molecule has 1 amide bonds. The van der Waals surface area contributed by atoms with E-state index < -0.39 is 16.8 Å². The van der Waals surface area contributed by atoms with Crippen LogP contribution in [0, 0.1) is 16.0 Å². The van der Waals surface area contributed by atoms with Gasteiger partial charge in [0.25, 0.3) is 11.6 Å². The minimum atomic E-state index is -0.990. The number of nitro benzene ring substituents is 1. The van der Waals surface area contributed by atoms with Gasteiger partial charge in [0.2, 0.25) is 0 Å². The largest absolute Gasteiger partial charge is 0.481 e. The number of rotatable bonds is 8. The van der Waals surface area contributed by atoms with E-state index in [0.29, 0.717) is 11.4 Å². The molecule has 0 unspecified atom stereocenters. The number of hydrogen-bond acceptors (Lipinski definition) is 5. The first kappa shape index (κ1) is 19.0. The molecule has 0 heterocycles. The predicted octanol–water partition coefficient (Wildman–Crippen LogP) is 2.89. The van der Waals surface area contributed by atoms with E-state index in [9.17, 15) is 19.7 Å². The van der Waals surface area contributed by atoms with Gasteiger partial charge in [-0.2, -0.15) is 0 Å². The molecule has 0 atom stereocenters. The highest BCUT2D eigenvalue weighted by Crippen LogP contribution is 2.28. The molecule has 0 fully saturated rings. The van der Waals surface area contributed by atoms with Crippen LogP contribution in [0.1, 0.15) is 30.6 Å². The molecule has 1 N–H and O–H groups in total. The smallest absolute Gasteiger partial charge is 0.305 e. The molecule has 126 valence electrons. The molecule has 0 aromatic heterocycles. The average Bonchev–Trinajstić information content (AvgIpc) is 2.49. The number of nitrogens with zero attached hydrogens (tertiary/aromatic N) is 2. The van der Waals surface area contributed by atoms with Crippen molar-refractivity contribution in [2.45, 2.75) is 25.2 Å². The summed E-state index contributed by atoms with van der Waals surface area (Å²) in [5.74, 6) is -1.22. The lowest BCUT2D eigenvalue weighted by molar-refractivity contribution is -0.387. The molecular formula is C15H20N2O5S. The summed E-state index contributed by atoms with van der Waals surface area (Å²) < 4.78 is 0. The second-order valence-electron chi connectivity index (χ2n) is 5.43. The molecule has 8 heteroatoms. The van der Waals surface area contributed by atoms with Gasteiger partial charge in [0.05, 0.1) is 16.2 Å². The Hall–Kier alpha value is -2.09. The lowest BCUT2D eigenvalue weighted by atomic mass is 10.1. The number of carboxylic acid groups (broad SMARTS) is 1. The first-order valence-corrected chi connectivity index (χ1v) is 8.32. The number of aliphatic carboxylic acids is 1. The standard InChI is InChI=1S/C15H20N2O5S/c1-10(2)9-16(7-6-14(18)19)15(20)11-4-5-13(23-3)12(8-11)17(21)22/h4-5,8,10H,6-7,9H2,1-3H3,(H,18,19). The van der Waals surface area contributed by atoms with Crippen molar-refractivity contribution >= 4 is 29.3 Å². The zero-order chi connectivity index (χ0) is 17.6. The number of carbonyl (C=O) groups is 2. The second kappa shape index (κ2) is 8.52. The molecule has 7 nitrogen and oxygen atoms in total. The van der Waals surface area contributed by atoms with Gasteiger partial charge in [-0.15, -0.1) is 11.8 Å². The third-order valence-electron chi connectivity index (χ3n) is 3.09. The fourth-order valence-electron chi connectivity index (χ4n) is 2.10. The van der Waals surface area contributed by atoms with Crippen LogP contribution in [-0.2, 0) is 4.79 Å². The Morgan fingerprint density at radius 1 is 1.39 bits per heavy atom. The first-order chi connectivity index (χ1) is 10.8. The zero-order valence-corrected chi connectivity index (χ0v) is 14.1. The lowest BCUT2D eigenvalue weighted by Crippen LogP contribution is -2.36. The predicted molar refractivity (Wildman–Crippen MR) is 87.9 cm³/mol. The molecular weight excluding hydrogens is 320 g/mol. The Labute approximate surface area is 138 Å². The van der Waals surface area contributed by atoms with E-state index >= 15 is 0 Å². The van der Waals surface area contributed by atoms with Crippen molar-refractivity contribution < 1.29 is 19.6 Å². The minimum Gasteiger partial charge on any atom is -0.481 e. The van der Waals surface area contributed by atoms with Gasteiger partial charge in [0.1, 0.15) is 0 Å². The summed E-state index contributed by atoms with van der Waals surface area (Å²) in [6.07, 6.45) is 1.56. The number of benzene rings is 1. The van der Waals surface area contributed by atoms with E-state index in [2.05, 4.69) is 0 Å². The van der Waals surface area contributed by atoms with Crippen LogP contribution in [0.25, 0.3) is 0 Å². The third kappa shape index (κ3) is 5.55. The summed E-state index contributed by atoms with van der Waals surface area (Å²) in [6, 6.07) is 4.33. The Morgan fingerprint density at radius 3 is 2.52 bits per heavy atom. The lowest BCUT2D eigenvalue weighted by Gasteiger charge is -2.24. The maximum absolute atomic E-state index is 12.6. The highest BCUT2D eigenvalue weighted by atomic mass is 32.2. The van der Waals surface area contributed by atoms with Gasteiger partial charge in [-0.3, -0.25) is 19.7 Å². The van der Waals surface area contributed by atoms with Gasteiger partial charge >= 0.3 is 5.97 Å². The van der Waals surface area contributed by atoms with Crippen LogP contribution in [0.5, 0.6) is 0 Å². The van der Waals surface area contributed by atoms with Crippen LogP contribution < -0.4 is 0 Å². The molecule has 0 bridgehead atoms. The number of amides is 1. The fourth-order valence-corrected chi connectivity index (χ4v) is 2.64. The van der Waals surface area contributed by atoms with Gasteiger partial charge in [0, 0.05) is 24.7 Å². The van der Waals surface area contributed by atoms with Gasteiger partial charge in [-0.25, -0.2) is 0 Å². The van der Waals surface area contributed by atoms with Gasteiger partial charge in [0.15, 0.2) is 0 Å². The van der Waals surface area contributed by atoms with Crippen LogP contribution in [-0.4, -0.2) is 46.2 Å². The van der Waals surface area contributed by atoms with Crippen molar-refractivity contribution in [1.29, 1.82) is 0 Å². The van der Waals surface area contributed by atoms with Crippen molar-refractivity contribution in [3.63, 3.8) is 0 Å². The summed E-state index contributed by atoms with van der Waals surface area (Å²) in [7, 11) is 0. The van der Waals surface area contributed by atoms with Crippen LogP contribution in [0.15, 0.2) is 23.1 Å². The maximum atomic E-state index is 12.6. The van der Waals surface area contributed by atoms with Gasteiger partial charge in [-0.05, 0) is 24.3 Å². The summed E-state index contributed by atoms with van der Waals surface area (Å²) in [5, 5.41) is 19.9. The summed E-state index contributed by atoms with van der Waals surface area (Å²) >= 11 is 1.23. The maximum Gasteiger partial charge on any atom is 0.305 e. The highest BCUT2D eigenvalue weighted by Gasteiger charge is 2.22. The van der Waals surface area contributed by atoms with E-state index in [1.54, 1.807) is 12.3 Å². The van der Waals surface area contributed by atoms with Gasteiger partial charge in [-0.1, -0.05) is 13.8 Å². The zero-order valence-electron chi connectivity index (χ0n) is 13.3. The van der Waals surface area contributed by atoms with E-state index in [-0.39, 0.29) is 30.1 Å². The SMILES string of the molecule is CSc1ccc(C(=O)N(CCC(=O)O)CC(C)C)cc1[N+](=O)[O-]. The summed E-state index contributed by atoms with van der Waals surface area (Å²) in [5.41, 5.74) is 0.0756. The van der Waals surface area contributed by atoms with Crippen LogP contribution >= 0.6 is 11.8 Å². The minimum absolute atomic E-state index is 0.0738. The van der Waals surface area contributed by atoms with Crippen molar-refractivity contribution in [3.8, 4) is 0 Å². The Bertz CT molecular complexity index is 604. The van der Waals surface area contributed by atoms with Crippen LogP contribution in [0.3, 0.4) is 0 Å². The van der Waals surface area contributed by atoms with Crippen LogP contribution in [0.2, 0.25) is 0 Å². The molecule has 0 spiro atoms. The monoisotopic (exact) mass is 340 g/mol. The molecule has 0 aliphatic rings. The Kier molecular flexibility index (Phi) is 7.02. The molecule has 0 aliphatic carbocycles. The van der Waals surface area contributed by atoms with E-state index in [1.807, 2.05) is 13.8 Å². The number of thioether (sulfide) groups is 1. The molecule has 23 heavy (non-hydrogen) atoms. The molecule has 0 saturated carbocycles. The van der Waals surface area contributed by atoms with Crippen molar-refractivity contribution in [2.24, 2.45) is 5.92 Å². The number of carbonyl (C=O) groups excluding carboxylic acids is 1. The summed E-state index contributed by atoms with van der Waals surface area (Å²) in [4.78, 5) is 35.8. The quantitative estimate of drug-likeness (QED) is 0.443. The molecule has 0 saturated heterocycles. The normalized spacial score (nSPS) is 10.6. The molecule has 0 aliphatic heterocycles. The van der Waals surface area contributed by atoms with E-state index in [1.165, 1.54) is 28.8 Å². The van der Waals surface area contributed by atoms with E-state index in [0.717, 1.165) is 0 Å². The van der Waals surface area contributed by atoms with Gasteiger partial charge < -0.3 is 10.0 Å². The Balaban J connectivity index is 3.09. The summed E-state index contributed by atoms with van der Waals surface area (Å²) in [6.45, 7) is 4.30. The first-order valence-electron chi connectivity index (χ1n) is 7.09. The van der Waals surface area contributed by atoms with Crippen molar-refractivity contribution in [1.82, 2.24) is 4.90 Å². The number of hydrogen-bond donors (Lipinski definition) is 1. The molecule has 0 radical (unpaired) electrons. The van der Waals surface area contributed by atoms with E-state index in [4.69, 9.17) is 5.11 Å². The molecule has 1 aromatic carbocycles. The van der Waals surface area contributed by atoms with Crippen molar-refractivity contribution in [3.05, 3.63) is 33.9 Å². The average molecular weight is 340 g/mol.